The minimum atomic E-state index is 0.781. The van der Waals surface area contributed by atoms with Crippen LogP contribution in [0.5, 0.6) is 0 Å². The summed E-state index contributed by atoms with van der Waals surface area (Å²) in [4.78, 5) is 0. The lowest BCUT2D eigenvalue weighted by Crippen LogP contribution is -2.23. The molecule has 5 nitrogen and oxygen atoms in total. The Morgan fingerprint density at radius 1 is 0.208 bits per heavy atom. The van der Waals surface area contributed by atoms with Crippen LogP contribution in [0.25, 0.3) is 0 Å². The molecule has 0 atom stereocenters. The molecule has 328 valence electrons. The Hall–Kier alpha value is -0.200. The summed E-state index contributed by atoms with van der Waals surface area (Å²) < 4.78 is 0. The average molecular weight is 758 g/mol. The van der Waals surface area contributed by atoms with E-state index in [1.165, 1.54) is 90.6 Å². The summed E-state index contributed by atoms with van der Waals surface area (Å²) in [6.07, 6.45) is 10.6. The normalized spacial score (nSPS) is 11.4. The molecule has 0 bridgehead atoms. The van der Waals surface area contributed by atoms with Gasteiger partial charge < -0.3 is 26.6 Å². The Labute approximate surface area is 340 Å². The van der Waals surface area contributed by atoms with E-state index in [0.29, 0.717) is 0 Å². The highest BCUT2D eigenvalue weighted by Crippen LogP contribution is 2.03. The molecular weight excluding hydrogens is 647 g/mol. The van der Waals surface area contributed by atoms with Gasteiger partial charge in [-0.3, -0.25) is 0 Å². The zero-order chi connectivity index (χ0) is 42.0. The molecule has 0 unspecified atom stereocenters. The molecule has 0 aromatic heterocycles. The van der Waals surface area contributed by atoms with Gasteiger partial charge in [-0.1, -0.05) is 138 Å². The van der Waals surface area contributed by atoms with Gasteiger partial charge in [0.15, 0.2) is 0 Å². The van der Waals surface area contributed by atoms with Crippen molar-refractivity contribution in [3.05, 3.63) is 0 Å². The minimum Gasteiger partial charge on any atom is -0.317 e. The van der Waals surface area contributed by atoms with Crippen LogP contribution < -0.4 is 26.6 Å². The fourth-order valence-corrected chi connectivity index (χ4v) is 4.53. The summed E-state index contributed by atoms with van der Waals surface area (Å²) in [6, 6.07) is 0. The van der Waals surface area contributed by atoms with Gasteiger partial charge >= 0.3 is 0 Å². The first-order valence-electron chi connectivity index (χ1n) is 23.2. The van der Waals surface area contributed by atoms with Crippen LogP contribution in [0, 0.1) is 59.2 Å². The van der Waals surface area contributed by atoms with Gasteiger partial charge in [0.1, 0.15) is 0 Å². The summed E-state index contributed by atoms with van der Waals surface area (Å²) in [6.45, 7) is 56.9. The van der Waals surface area contributed by atoms with Crippen molar-refractivity contribution in [2.75, 3.05) is 65.4 Å². The maximum Gasteiger partial charge on any atom is -0.00257 e. The monoisotopic (exact) mass is 758 g/mol. The van der Waals surface area contributed by atoms with Crippen LogP contribution in [0.2, 0.25) is 0 Å². The molecule has 0 aliphatic carbocycles. The molecule has 0 amide bonds. The van der Waals surface area contributed by atoms with E-state index in [-0.39, 0.29) is 0 Å². The molecule has 53 heavy (non-hydrogen) atoms. The third kappa shape index (κ3) is 89.9. The number of hydrogen-bond acceptors (Lipinski definition) is 5. The zero-order valence-corrected chi connectivity index (χ0v) is 41.0. The van der Waals surface area contributed by atoms with Crippen LogP contribution in [0.15, 0.2) is 0 Å². The zero-order valence-electron chi connectivity index (χ0n) is 41.0. The summed E-state index contributed by atoms with van der Waals surface area (Å²) in [5.41, 5.74) is 0. The molecule has 0 heterocycles. The Morgan fingerprint density at radius 3 is 0.679 bits per heavy atom. The molecule has 5 heteroatoms. The van der Waals surface area contributed by atoms with Crippen LogP contribution >= 0.6 is 0 Å². The van der Waals surface area contributed by atoms with Crippen molar-refractivity contribution in [1.29, 1.82) is 0 Å². The summed E-state index contributed by atoms with van der Waals surface area (Å²) >= 11 is 0. The molecular formula is C48H111N5. The first-order chi connectivity index (χ1) is 24.6. The Kier molecular flexibility index (Phi) is 56.1. The third-order valence-electron chi connectivity index (χ3n) is 8.07. The first-order valence-corrected chi connectivity index (χ1v) is 23.2. The van der Waals surface area contributed by atoms with E-state index < -0.39 is 0 Å². The van der Waals surface area contributed by atoms with Crippen molar-refractivity contribution in [2.45, 2.75) is 190 Å². The fourth-order valence-electron chi connectivity index (χ4n) is 4.53. The number of rotatable bonds is 28. The summed E-state index contributed by atoms with van der Waals surface area (Å²) in [5, 5.41) is 17.2. The van der Waals surface area contributed by atoms with Crippen LogP contribution in [0.3, 0.4) is 0 Å². The van der Waals surface area contributed by atoms with E-state index in [1.807, 2.05) is 0 Å². The molecule has 5 N–H and O–H groups in total. The smallest absolute Gasteiger partial charge is 0.00257 e. The molecule has 0 rings (SSSR count). The minimum absolute atomic E-state index is 0.781. The highest BCUT2D eigenvalue weighted by atomic mass is 14.9. The molecule has 0 aliphatic rings. The number of nitrogens with one attached hydrogen (secondary N) is 5. The average Bonchev–Trinajstić information content (AvgIpc) is 3.00. The fraction of sp³-hybridized carbons (Fsp3) is 1.00. The molecule has 0 aromatic rings. The van der Waals surface area contributed by atoms with E-state index >= 15 is 0 Å². The van der Waals surface area contributed by atoms with E-state index in [1.54, 1.807) is 0 Å². The van der Waals surface area contributed by atoms with E-state index in [9.17, 15) is 0 Å². The predicted octanol–water partition coefficient (Wildman–Crippen LogP) is 12.6. The van der Waals surface area contributed by atoms with Crippen molar-refractivity contribution < 1.29 is 0 Å². The topological polar surface area (TPSA) is 60.1 Å². The van der Waals surface area contributed by atoms with Crippen molar-refractivity contribution >= 4 is 0 Å². The van der Waals surface area contributed by atoms with Crippen molar-refractivity contribution in [2.24, 2.45) is 59.2 Å². The Morgan fingerprint density at radius 2 is 0.415 bits per heavy atom. The first kappa shape index (κ1) is 62.0. The molecule has 0 saturated heterocycles. The van der Waals surface area contributed by atoms with Gasteiger partial charge in [-0.15, -0.1) is 0 Å². The third-order valence-corrected chi connectivity index (χ3v) is 8.07. The molecule has 0 aliphatic heterocycles. The van der Waals surface area contributed by atoms with Crippen LogP contribution in [-0.4, -0.2) is 65.4 Å². The highest BCUT2D eigenvalue weighted by molar-refractivity contribution is 4.56. The van der Waals surface area contributed by atoms with E-state index in [0.717, 1.165) is 85.4 Å². The largest absolute Gasteiger partial charge is 0.317 e. The molecule has 0 fully saturated rings. The van der Waals surface area contributed by atoms with Gasteiger partial charge in [0.05, 0.1) is 0 Å². The second-order valence-electron chi connectivity index (χ2n) is 19.9. The molecule has 0 radical (unpaired) electrons. The van der Waals surface area contributed by atoms with E-state index in [4.69, 9.17) is 0 Å². The van der Waals surface area contributed by atoms with Crippen LogP contribution in [0.4, 0.5) is 0 Å². The summed E-state index contributed by atoms with van der Waals surface area (Å²) in [7, 11) is 0. The maximum atomic E-state index is 3.47. The van der Waals surface area contributed by atoms with Gasteiger partial charge in [0, 0.05) is 0 Å². The quantitative estimate of drug-likeness (QED) is 0.0515. The molecule has 0 saturated carbocycles. The standard InChI is InChI=1S/C11H25N.2C10H23N.C9H21N.C8H19N/c1-10(2)6-5-8-12-9-7-11(3)4;1-9(2)5-7-11-8-6-10(3)4;1-9(2)6-5-7-11-8-10(3)4;1-8(2)5-6-10-7-9(3)4;1-7(2)5-9-6-8(3)4/h10-12H,5-9H2,1-4H3;2*9-11H,5-8H2,1-4H3;8-10H,5-7H2,1-4H3;7-9H,5-6H2,1-4H3. The molecule has 0 aromatic carbocycles. The lowest BCUT2D eigenvalue weighted by Gasteiger charge is -2.08. The van der Waals surface area contributed by atoms with Gasteiger partial charge in [-0.2, -0.15) is 0 Å². The van der Waals surface area contributed by atoms with Gasteiger partial charge in [-0.25, -0.2) is 0 Å². The van der Waals surface area contributed by atoms with E-state index in [2.05, 4.69) is 165 Å². The summed E-state index contributed by atoms with van der Waals surface area (Å²) in [5.74, 6) is 8.19. The lowest BCUT2D eigenvalue weighted by molar-refractivity contribution is 0.497. The van der Waals surface area contributed by atoms with Gasteiger partial charge in [-0.05, 0) is 176 Å². The molecule has 0 spiro atoms. The second kappa shape index (κ2) is 48.0. The maximum absolute atomic E-state index is 3.47. The van der Waals surface area contributed by atoms with Crippen molar-refractivity contribution in [3.8, 4) is 0 Å². The predicted molar refractivity (Wildman–Crippen MR) is 250 cm³/mol. The Bertz CT molecular complexity index is 539. The lowest BCUT2D eigenvalue weighted by atomic mass is 10.1. The van der Waals surface area contributed by atoms with Crippen LogP contribution in [-0.2, 0) is 0 Å². The van der Waals surface area contributed by atoms with Gasteiger partial charge in [0.2, 0.25) is 0 Å². The second-order valence-corrected chi connectivity index (χ2v) is 19.9. The van der Waals surface area contributed by atoms with Gasteiger partial charge in [0.25, 0.3) is 0 Å². The SMILES string of the molecule is CC(C)CCCNCC(C)C.CC(C)CCCNCCC(C)C.CC(C)CCNCC(C)C.CC(C)CCNCCC(C)C.CC(C)CNCC(C)C. The number of hydrogen-bond donors (Lipinski definition) is 5. The highest BCUT2D eigenvalue weighted by Gasteiger charge is 1.98. The van der Waals surface area contributed by atoms with Crippen LogP contribution in [0.1, 0.15) is 190 Å². The van der Waals surface area contributed by atoms with Crippen molar-refractivity contribution in [1.82, 2.24) is 26.6 Å². The van der Waals surface area contributed by atoms with Crippen molar-refractivity contribution in [3.63, 3.8) is 0 Å². The Balaban J connectivity index is -0.000000182.